The van der Waals surface area contributed by atoms with Gasteiger partial charge in [-0.2, -0.15) is 0 Å². The van der Waals surface area contributed by atoms with E-state index in [4.69, 9.17) is 0 Å². The third kappa shape index (κ3) is 4.10. The first-order valence-corrected chi connectivity index (χ1v) is 9.67. The Hall–Kier alpha value is -2.89. The number of pyridine rings is 1. The minimum atomic E-state index is 0.00605. The number of anilines is 1. The van der Waals surface area contributed by atoms with Crippen molar-refractivity contribution in [3.05, 3.63) is 60.3 Å². The lowest BCUT2D eigenvalue weighted by Gasteiger charge is -2.32. The highest BCUT2D eigenvalue weighted by atomic mass is 16.1. The van der Waals surface area contributed by atoms with Crippen LogP contribution >= 0.6 is 0 Å². The Kier molecular flexibility index (Phi) is 5.32. The highest BCUT2D eigenvalue weighted by Gasteiger charge is 2.27. The Morgan fingerprint density at radius 2 is 1.96 bits per heavy atom. The number of nitrogens with one attached hydrogen (secondary N) is 1. The van der Waals surface area contributed by atoms with Gasteiger partial charge in [-0.1, -0.05) is 36.4 Å². The predicted octanol–water partition coefficient (Wildman–Crippen LogP) is 2.69. The van der Waals surface area contributed by atoms with Gasteiger partial charge in [0.25, 0.3) is 0 Å². The first-order valence-electron chi connectivity index (χ1n) is 9.67. The Bertz CT molecular complexity index is 892. The van der Waals surface area contributed by atoms with Gasteiger partial charge in [-0.3, -0.25) is 9.20 Å². The lowest BCUT2D eigenvalue weighted by Crippen LogP contribution is -2.44. The lowest BCUT2D eigenvalue weighted by molar-refractivity contribution is -0.125. The zero-order valence-corrected chi connectivity index (χ0v) is 15.4. The van der Waals surface area contributed by atoms with E-state index >= 15 is 0 Å². The molecule has 0 aliphatic carbocycles. The molecule has 1 saturated heterocycles. The molecule has 140 valence electrons. The van der Waals surface area contributed by atoms with Crippen molar-refractivity contribution >= 4 is 17.5 Å². The van der Waals surface area contributed by atoms with Crippen LogP contribution in [0, 0.1) is 5.92 Å². The second kappa shape index (κ2) is 8.20. The summed E-state index contributed by atoms with van der Waals surface area (Å²) in [6.45, 7) is 2.33. The molecule has 0 radical (unpaired) electrons. The second-order valence-corrected chi connectivity index (χ2v) is 7.09. The van der Waals surface area contributed by atoms with E-state index in [1.165, 1.54) is 5.56 Å². The maximum absolute atomic E-state index is 12.6. The van der Waals surface area contributed by atoms with E-state index in [-0.39, 0.29) is 11.8 Å². The number of fused-ring (bicyclic) bond motifs is 1. The van der Waals surface area contributed by atoms with Crippen LogP contribution in [0.3, 0.4) is 0 Å². The molecule has 27 heavy (non-hydrogen) atoms. The summed E-state index contributed by atoms with van der Waals surface area (Å²) in [4.78, 5) is 14.8. The summed E-state index contributed by atoms with van der Waals surface area (Å²) in [6.07, 6.45) is 5.84. The molecule has 3 heterocycles. The molecule has 6 nitrogen and oxygen atoms in total. The van der Waals surface area contributed by atoms with E-state index in [1.807, 2.05) is 34.9 Å². The predicted molar refractivity (Wildman–Crippen MR) is 106 cm³/mol. The van der Waals surface area contributed by atoms with Crippen molar-refractivity contribution in [2.75, 3.05) is 24.5 Å². The number of nitrogens with zero attached hydrogens (tertiary/aromatic N) is 4. The summed E-state index contributed by atoms with van der Waals surface area (Å²) < 4.78 is 1.99. The first-order chi connectivity index (χ1) is 13.3. The normalized spacial score (nSPS) is 17.2. The Morgan fingerprint density at radius 1 is 1.11 bits per heavy atom. The number of hydrogen-bond acceptors (Lipinski definition) is 4. The van der Waals surface area contributed by atoms with Crippen molar-refractivity contribution in [2.24, 2.45) is 5.92 Å². The van der Waals surface area contributed by atoms with Gasteiger partial charge in [0.2, 0.25) is 11.9 Å². The SMILES string of the molecule is O=C(NCCCc1ccccc1)[C@@H]1CCCN(c2nnc3ccccn23)C1. The maximum Gasteiger partial charge on any atom is 0.231 e. The van der Waals surface area contributed by atoms with Crippen LogP contribution in [0.15, 0.2) is 54.7 Å². The van der Waals surface area contributed by atoms with Crippen molar-refractivity contribution in [2.45, 2.75) is 25.7 Å². The number of benzene rings is 1. The fraction of sp³-hybridized carbons (Fsp3) is 0.381. The summed E-state index contributed by atoms with van der Waals surface area (Å²) in [6, 6.07) is 16.3. The fourth-order valence-electron chi connectivity index (χ4n) is 3.71. The first kappa shape index (κ1) is 17.5. The monoisotopic (exact) mass is 363 g/mol. The summed E-state index contributed by atoms with van der Waals surface area (Å²) in [5, 5.41) is 11.7. The molecular weight excluding hydrogens is 338 g/mol. The average Bonchev–Trinajstić information content (AvgIpc) is 3.16. The summed E-state index contributed by atoms with van der Waals surface area (Å²) in [5.41, 5.74) is 2.15. The van der Waals surface area contributed by atoms with Gasteiger partial charge >= 0.3 is 0 Å². The molecule has 3 aromatic rings. The fourth-order valence-corrected chi connectivity index (χ4v) is 3.71. The van der Waals surface area contributed by atoms with Crippen LogP contribution in [0.4, 0.5) is 5.95 Å². The minimum Gasteiger partial charge on any atom is -0.356 e. The lowest BCUT2D eigenvalue weighted by atomic mass is 9.97. The zero-order chi connectivity index (χ0) is 18.5. The Morgan fingerprint density at radius 3 is 2.85 bits per heavy atom. The number of aryl methyl sites for hydroxylation is 1. The van der Waals surface area contributed by atoms with Gasteiger partial charge < -0.3 is 10.2 Å². The molecule has 4 rings (SSSR count). The van der Waals surface area contributed by atoms with Gasteiger partial charge in [-0.05, 0) is 43.4 Å². The molecule has 1 aliphatic rings. The van der Waals surface area contributed by atoms with Crippen molar-refractivity contribution in [3.8, 4) is 0 Å². The van der Waals surface area contributed by atoms with E-state index in [0.29, 0.717) is 6.54 Å². The number of rotatable bonds is 6. The molecule has 0 saturated carbocycles. The van der Waals surface area contributed by atoms with Crippen LogP contribution in [-0.4, -0.2) is 40.1 Å². The van der Waals surface area contributed by atoms with E-state index in [0.717, 1.165) is 50.4 Å². The standard InChI is InChI=1S/C21H25N5O/c27-20(22-13-6-10-17-8-2-1-3-9-17)18-11-7-14-25(16-18)21-24-23-19-12-4-5-15-26(19)21/h1-5,8-9,12,15,18H,6-7,10-11,13-14,16H2,(H,22,27)/t18-/m1/s1. The zero-order valence-electron chi connectivity index (χ0n) is 15.4. The maximum atomic E-state index is 12.6. The van der Waals surface area contributed by atoms with Crippen LogP contribution in [0.5, 0.6) is 0 Å². The number of amides is 1. The van der Waals surface area contributed by atoms with E-state index in [9.17, 15) is 4.79 Å². The number of aromatic nitrogens is 3. The Balaban J connectivity index is 1.30. The molecule has 0 unspecified atom stereocenters. The van der Waals surface area contributed by atoms with Crippen LogP contribution in [0.25, 0.3) is 5.65 Å². The molecule has 1 amide bonds. The van der Waals surface area contributed by atoms with E-state index in [1.54, 1.807) is 0 Å². The largest absolute Gasteiger partial charge is 0.356 e. The number of carbonyl (C=O) groups is 1. The van der Waals surface area contributed by atoms with Crippen LogP contribution in [-0.2, 0) is 11.2 Å². The van der Waals surface area contributed by atoms with Gasteiger partial charge in [0.15, 0.2) is 5.65 Å². The van der Waals surface area contributed by atoms with E-state index < -0.39 is 0 Å². The van der Waals surface area contributed by atoms with Gasteiger partial charge in [0.05, 0.1) is 5.92 Å². The second-order valence-electron chi connectivity index (χ2n) is 7.09. The van der Waals surface area contributed by atoms with Gasteiger partial charge in [0, 0.05) is 25.8 Å². The van der Waals surface area contributed by atoms with Gasteiger partial charge in [-0.15, -0.1) is 10.2 Å². The molecular formula is C21H25N5O. The molecule has 0 bridgehead atoms. The molecule has 0 spiro atoms. The number of hydrogen-bond donors (Lipinski definition) is 1. The third-order valence-electron chi connectivity index (χ3n) is 5.16. The molecule has 1 aliphatic heterocycles. The highest BCUT2D eigenvalue weighted by Crippen LogP contribution is 2.22. The molecule has 6 heteroatoms. The van der Waals surface area contributed by atoms with Gasteiger partial charge in [-0.25, -0.2) is 0 Å². The quantitative estimate of drug-likeness (QED) is 0.684. The van der Waals surface area contributed by atoms with Crippen molar-refractivity contribution < 1.29 is 4.79 Å². The molecule has 1 aromatic carbocycles. The van der Waals surface area contributed by atoms with Crippen molar-refractivity contribution in [3.63, 3.8) is 0 Å². The van der Waals surface area contributed by atoms with Gasteiger partial charge in [0.1, 0.15) is 0 Å². The average molecular weight is 363 g/mol. The summed E-state index contributed by atoms with van der Waals surface area (Å²) >= 11 is 0. The van der Waals surface area contributed by atoms with Crippen molar-refractivity contribution in [1.29, 1.82) is 0 Å². The van der Waals surface area contributed by atoms with E-state index in [2.05, 4.69) is 44.7 Å². The number of carbonyl (C=O) groups excluding carboxylic acids is 1. The smallest absolute Gasteiger partial charge is 0.231 e. The molecule has 2 aromatic heterocycles. The summed E-state index contributed by atoms with van der Waals surface area (Å²) in [5.74, 6) is 0.986. The summed E-state index contributed by atoms with van der Waals surface area (Å²) in [7, 11) is 0. The van der Waals surface area contributed by atoms with Crippen LogP contribution in [0.1, 0.15) is 24.8 Å². The van der Waals surface area contributed by atoms with Crippen LogP contribution in [0.2, 0.25) is 0 Å². The third-order valence-corrected chi connectivity index (χ3v) is 5.16. The van der Waals surface area contributed by atoms with Crippen LogP contribution < -0.4 is 10.2 Å². The minimum absolute atomic E-state index is 0.00605. The number of piperidine rings is 1. The Labute approximate surface area is 159 Å². The van der Waals surface area contributed by atoms with Crippen molar-refractivity contribution in [1.82, 2.24) is 19.9 Å². The molecule has 1 fully saturated rings. The molecule has 1 atom stereocenters. The topological polar surface area (TPSA) is 62.5 Å². The molecule has 1 N–H and O–H groups in total. The highest BCUT2D eigenvalue weighted by molar-refractivity contribution is 5.79.